The molecule has 1 aromatic carbocycles. The number of anilines is 1. The summed E-state index contributed by atoms with van der Waals surface area (Å²) >= 11 is 0. The van der Waals surface area contributed by atoms with Crippen molar-refractivity contribution in [3.05, 3.63) is 52.9 Å². The van der Waals surface area contributed by atoms with Crippen LogP contribution in [0.2, 0.25) is 0 Å². The minimum Gasteiger partial charge on any atom is -0.371 e. The number of benzene rings is 1. The van der Waals surface area contributed by atoms with Crippen LogP contribution in [0.4, 0.5) is 5.69 Å². The number of ketones is 1. The van der Waals surface area contributed by atoms with Gasteiger partial charge in [0.05, 0.1) is 11.6 Å². The lowest BCUT2D eigenvalue weighted by Crippen LogP contribution is -2.51. The Balaban J connectivity index is 1.65. The number of fused-ring (bicyclic) bond motifs is 1. The van der Waals surface area contributed by atoms with Gasteiger partial charge in [0.25, 0.3) is 0 Å². The maximum absolute atomic E-state index is 13.7. The molecule has 5 rings (SSSR count). The fourth-order valence-electron chi connectivity index (χ4n) is 6.73. The lowest BCUT2D eigenvalue weighted by molar-refractivity contribution is -0.119. The Bertz CT molecular complexity index is 1030. The summed E-state index contributed by atoms with van der Waals surface area (Å²) in [7, 11) is 0. The predicted molar refractivity (Wildman–Crippen MR) is 128 cm³/mol. The van der Waals surface area contributed by atoms with Crippen LogP contribution in [0, 0.1) is 17.3 Å². The zero-order chi connectivity index (χ0) is 22.7. The lowest BCUT2D eigenvalue weighted by Gasteiger charge is -2.48. The van der Waals surface area contributed by atoms with E-state index in [1.165, 1.54) is 17.7 Å². The van der Waals surface area contributed by atoms with E-state index in [9.17, 15) is 4.79 Å². The molecule has 3 aliphatic heterocycles. The minimum absolute atomic E-state index is 0.0404. The van der Waals surface area contributed by atoms with Crippen LogP contribution in [-0.4, -0.2) is 25.0 Å². The van der Waals surface area contributed by atoms with Gasteiger partial charge in [-0.1, -0.05) is 46.8 Å². The van der Waals surface area contributed by atoms with E-state index < -0.39 is 5.41 Å². The fourth-order valence-corrected chi connectivity index (χ4v) is 6.73. The van der Waals surface area contributed by atoms with Crippen molar-refractivity contribution >= 4 is 11.5 Å². The smallest absolute Gasteiger partial charge is 0.164 e. The number of nitrogens with one attached hydrogen (secondary N) is 1. The second kappa shape index (κ2) is 7.57. The topological polar surface area (TPSA) is 57.1 Å². The average molecular weight is 433 g/mol. The number of carbonyl (C=O) groups is 1. The Morgan fingerprint density at radius 2 is 1.91 bits per heavy atom. The SMILES string of the molecule is CCC1(c2cccc(N3C[C@H](C)C[C@H](C)C3)c2)C2=CN=NC2NC2=C1C(=O)CC(C)(C)C2. The van der Waals surface area contributed by atoms with E-state index in [4.69, 9.17) is 0 Å². The van der Waals surface area contributed by atoms with Gasteiger partial charge in [0, 0.05) is 42.0 Å². The zero-order valence-electron chi connectivity index (χ0n) is 20.1. The number of hydrogen-bond acceptors (Lipinski definition) is 5. The van der Waals surface area contributed by atoms with Gasteiger partial charge in [0.1, 0.15) is 0 Å². The fraction of sp³-hybridized carbons (Fsp3) is 0.593. The van der Waals surface area contributed by atoms with Gasteiger partial charge in [-0.05, 0) is 54.2 Å². The molecule has 0 amide bonds. The van der Waals surface area contributed by atoms with Gasteiger partial charge in [-0.2, -0.15) is 10.2 Å². The molecule has 2 unspecified atom stereocenters. The van der Waals surface area contributed by atoms with Crippen molar-refractivity contribution in [1.29, 1.82) is 0 Å². The van der Waals surface area contributed by atoms with Crippen LogP contribution < -0.4 is 10.2 Å². The molecule has 5 heteroatoms. The summed E-state index contributed by atoms with van der Waals surface area (Å²) in [5, 5.41) is 12.4. The molecule has 32 heavy (non-hydrogen) atoms. The maximum Gasteiger partial charge on any atom is 0.164 e. The molecule has 170 valence electrons. The Kier molecular flexibility index (Phi) is 5.06. The van der Waals surface area contributed by atoms with Crippen molar-refractivity contribution < 1.29 is 4.79 Å². The predicted octanol–water partition coefficient (Wildman–Crippen LogP) is 5.74. The summed E-state index contributed by atoms with van der Waals surface area (Å²) in [6, 6.07) is 8.95. The Hall–Kier alpha value is -2.43. The largest absolute Gasteiger partial charge is 0.371 e. The third kappa shape index (κ3) is 3.32. The molecule has 1 aromatic rings. The highest BCUT2D eigenvalue weighted by Gasteiger charge is 2.53. The minimum atomic E-state index is -0.467. The van der Waals surface area contributed by atoms with Gasteiger partial charge < -0.3 is 10.2 Å². The van der Waals surface area contributed by atoms with Crippen LogP contribution in [-0.2, 0) is 10.2 Å². The standard InChI is InChI=1S/C27H36N4O/c1-6-27(19-8-7-9-20(11-19)31-15-17(2)10-18(3)16-31)21-14-28-30-25(21)29-22-12-26(4,5)13-23(32)24(22)27/h7-9,11,14,17-18,25,29H,6,10,12-13,15-16H2,1-5H3/t17-,18+,25?,27?. The van der Waals surface area contributed by atoms with Crippen molar-refractivity contribution in [3.63, 3.8) is 0 Å². The first-order valence-corrected chi connectivity index (χ1v) is 12.2. The number of Topliss-reactive ketones (excluding diaryl/α,β-unsaturated/α-hetero) is 1. The summed E-state index contributed by atoms with van der Waals surface area (Å²) in [5.74, 6) is 1.65. The van der Waals surface area contributed by atoms with E-state index in [-0.39, 0.29) is 17.4 Å². The Morgan fingerprint density at radius 1 is 1.16 bits per heavy atom. The van der Waals surface area contributed by atoms with Crippen LogP contribution in [0.15, 0.2) is 57.5 Å². The number of hydrogen-bond donors (Lipinski definition) is 1. The second-order valence-corrected chi connectivity index (χ2v) is 11.3. The van der Waals surface area contributed by atoms with Crippen molar-refractivity contribution in [2.24, 2.45) is 27.5 Å². The molecule has 0 bridgehead atoms. The van der Waals surface area contributed by atoms with Gasteiger partial charge in [-0.25, -0.2) is 0 Å². The third-order valence-electron chi connectivity index (χ3n) is 7.88. The summed E-state index contributed by atoms with van der Waals surface area (Å²) in [6.07, 6.45) is 5.30. The van der Waals surface area contributed by atoms with Gasteiger partial charge in [-0.3, -0.25) is 4.79 Å². The third-order valence-corrected chi connectivity index (χ3v) is 7.88. The van der Waals surface area contributed by atoms with Gasteiger partial charge >= 0.3 is 0 Å². The van der Waals surface area contributed by atoms with Gasteiger partial charge in [-0.15, -0.1) is 0 Å². The first-order valence-electron chi connectivity index (χ1n) is 12.2. The lowest BCUT2D eigenvalue weighted by atomic mass is 9.59. The molecule has 0 saturated carbocycles. The number of allylic oxidation sites excluding steroid dienone is 2. The van der Waals surface area contributed by atoms with Crippen LogP contribution in [0.3, 0.4) is 0 Å². The molecule has 4 atom stereocenters. The highest BCUT2D eigenvalue weighted by atomic mass is 16.1. The highest BCUT2D eigenvalue weighted by molar-refractivity contribution is 6.01. The molecular formula is C27H36N4O. The first kappa shape index (κ1) is 21.4. The van der Waals surface area contributed by atoms with E-state index in [1.54, 1.807) is 0 Å². The molecule has 1 N–H and O–H groups in total. The van der Waals surface area contributed by atoms with Crippen LogP contribution >= 0.6 is 0 Å². The normalized spacial score (nSPS) is 33.5. The van der Waals surface area contributed by atoms with E-state index >= 15 is 0 Å². The molecular weight excluding hydrogens is 396 g/mol. The maximum atomic E-state index is 13.7. The molecule has 0 radical (unpaired) electrons. The summed E-state index contributed by atoms with van der Waals surface area (Å²) < 4.78 is 0. The second-order valence-electron chi connectivity index (χ2n) is 11.3. The quantitative estimate of drug-likeness (QED) is 0.663. The average Bonchev–Trinajstić information content (AvgIpc) is 3.19. The first-order chi connectivity index (χ1) is 15.2. The van der Waals surface area contributed by atoms with Crippen molar-refractivity contribution in [1.82, 2.24) is 5.32 Å². The number of azo groups is 1. The molecule has 5 nitrogen and oxygen atoms in total. The van der Waals surface area contributed by atoms with E-state index in [1.807, 2.05) is 6.20 Å². The van der Waals surface area contributed by atoms with Crippen LogP contribution in [0.5, 0.6) is 0 Å². The molecule has 3 heterocycles. The van der Waals surface area contributed by atoms with Crippen molar-refractivity contribution in [2.45, 2.75) is 71.9 Å². The van der Waals surface area contributed by atoms with Gasteiger partial charge in [0.2, 0.25) is 0 Å². The van der Waals surface area contributed by atoms with Gasteiger partial charge in [0.15, 0.2) is 11.9 Å². The number of piperidine rings is 1. The summed E-state index contributed by atoms with van der Waals surface area (Å²) in [5.41, 5.74) is 5.10. The molecule has 1 saturated heterocycles. The Morgan fingerprint density at radius 3 is 2.62 bits per heavy atom. The van der Waals surface area contributed by atoms with E-state index in [2.05, 4.69) is 79.3 Å². The number of rotatable bonds is 3. The number of carbonyl (C=O) groups excluding carboxylic acids is 1. The summed E-state index contributed by atoms with van der Waals surface area (Å²) in [4.78, 5) is 16.2. The summed E-state index contributed by atoms with van der Waals surface area (Å²) in [6.45, 7) is 13.5. The van der Waals surface area contributed by atoms with E-state index in [0.29, 0.717) is 18.3 Å². The Labute approximate surface area is 192 Å². The molecule has 1 fully saturated rings. The van der Waals surface area contributed by atoms with Crippen LogP contribution in [0.1, 0.15) is 65.9 Å². The molecule has 0 spiro atoms. The monoisotopic (exact) mass is 432 g/mol. The van der Waals surface area contributed by atoms with Crippen molar-refractivity contribution in [3.8, 4) is 0 Å². The molecule has 4 aliphatic rings. The number of nitrogens with zero attached hydrogens (tertiary/aromatic N) is 3. The zero-order valence-corrected chi connectivity index (χ0v) is 20.1. The molecule has 0 aromatic heterocycles. The van der Waals surface area contributed by atoms with Crippen LogP contribution in [0.25, 0.3) is 0 Å². The highest BCUT2D eigenvalue weighted by Crippen LogP contribution is 2.54. The van der Waals surface area contributed by atoms with E-state index in [0.717, 1.165) is 42.8 Å². The van der Waals surface area contributed by atoms with Crippen molar-refractivity contribution in [2.75, 3.05) is 18.0 Å². The molecule has 1 aliphatic carbocycles.